The molecule has 0 unspecified atom stereocenters. The number of esters is 1. The topological polar surface area (TPSA) is 26.3 Å². The Morgan fingerprint density at radius 3 is 2.35 bits per heavy atom. The van der Waals surface area contributed by atoms with Crippen LogP contribution >= 0.6 is 0 Å². The van der Waals surface area contributed by atoms with Crippen LogP contribution in [0.1, 0.15) is 65.7 Å². The highest BCUT2D eigenvalue weighted by Crippen LogP contribution is 2.18. The van der Waals surface area contributed by atoms with Gasteiger partial charge in [0.25, 0.3) is 0 Å². The van der Waals surface area contributed by atoms with Crippen molar-refractivity contribution >= 4 is 5.97 Å². The number of unbranched alkanes of at least 4 members (excludes halogenated alkanes) is 4. The van der Waals surface area contributed by atoms with Gasteiger partial charge >= 0.3 is 5.97 Å². The summed E-state index contributed by atoms with van der Waals surface area (Å²) in [5, 5.41) is 0. The Morgan fingerprint density at radius 2 is 1.88 bits per heavy atom. The summed E-state index contributed by atoms with van der Waals surface area (Å²) in [6.45, 7) is 9.38. The van der Waals surface area contributed by atoms with Crippen molar-refractivity contribution in [1.82, 2.24) is 0 Å². The highest BCUT2D eigenvalue weighted by Gasteiger charge is 2.14. The Balaban J connectivity index is 4.04. The maximum atomic E-state index is 11.0. The van der Waals surface area contributed by atoms with E-state index in [1.807, 2.05) is 6.92 Å². The number of hydrogen-bond acceptors (Lipinski definition) is 2. The Labute approximate surface area is 106 Å². The van der Waals surface area contributed by atoms with E-state index in [1.165, 1.54) is 32.6 Å². The Morgan fingerprint density at radius 1 is 1.24 bits per heavy atom. The van der Waals surface area contributed by atoms with Crippen molar-refractivity contribution in [2.24, 2.45) is 0 Å². The van der Waals surface area contributed by atoms with E-state index in [4.69, 9.17) is 4.74 Å². The third-order valence-corrected chi connectivity index (χ3v) is 2.84. The monoisotopic (exact) mass is 238 g/mol. The molecule has 0 spiro atoms. The molecule has 0 saturated heterocycles. The zero-order valence-corrected chi connectivity index (χ0v) is 11.6. The lowest BCUT2D eigenvalue weighted by Gasteiger charge is -2.17. The van der Waals surface area contributed by atoms with E-state index in [2.05, 4.69) is 19.2 Å². The van der Waals surface area contributed by atoms with Crippen molar-refractivity contribution in [1.29, 1.82) is 0 Å². The first-order valence-electron chi connectivity index (χ1n) is 6.71. The van der Waals surface area contributed by atoms with Gasteiger partial charge in [0.05, 0.1) is 0 Å². The summed E-state index contributed by atoms with van der Waals surface area (Å²) in [6, 6.07) is 0. The molecular formula is C15H26O2. The van der Waals surface area contributed by atoms with Crippen molar-refractivity contribution in [3.8, 4) is 0 Å². The van der Waals surface area contributed by atoms with Crippen molar-refractivity contribution in [3.05, 3.63) is 17.9 Å². The normalized spacial score (nSPS) is 11.7. The molecular weight excluding hydrogens is 212 g/mol. The third-order valence-electron chi connectivity index (χ3n) is 2.84. The molecule has 0 rings (SSSR count). The van der Waals surface area contributed by atoms with Gasteiger partial charge in [-0.25, -0.2) is 0 Å². The van der Waals surface area contributed by atoms with E-state index in [0.29, 0.717) is 0 Å². The molecule has 0 aliphatic carbocycles. The van der Waals surface area contributed by atoms with Crippen LogP contribution in [0.5, 0.6) is 0 Å². The fourth-order valence-electron chi connectivity index (χ4n) is 1.88. The molecule has 98 valence electrons. The van der Waals surface area contributed by atoms with Gasteiger partial charge in [0, 0.05) is 12.5 Å². The van der Waals surface area contributed by atoms with Crippen molar-refractivity contribution in [3.63, 3.8) is 0 Å². The van der Waals surface area contributed by atoms with Crippen LogP contribution in [0.25, 0.3) is 0 Å². The molecule has 0 aliphatic rings. The molecule has 2 nitrogen and oxygen atoms in total. The van der Waals surface area contributed by atoms with E-state index in [9.17, 15) is 4.79 Å². The molecule has 0 radical (unpaired) electrons. The summed E-state index contributed by atoms with van der Waals surface area (Å²) in [5.74, 6) is -0.226. The molecule has 2 heteroatoms. The van der Waals surface area contributed by atoms with Crippen LogP contribution in [-0.2, 0) is 9.53 Å². The van der Waals surface area contributed by atoms with Gasteiger partial charge in [-0.2, -0.15) is 0 Å². The van der Waals surface area contributed by atoms with Crippen molar-refractivity contribution in [2.75, 3.05) is 0 Å². The van der Waals surface area contributed by atoms with Gasteiger partial charge in [0.1, 0.15) is 6.10 Å². The van der Waals surface area contributed by atoms with Gasteiger partial charge in [-0.15, -0.1) is 5.73 Å². The van der Waals surface area contributed by atoms with Crippen LogP contribution in [0.2, 0.25) is 0 Å². The van der Waals surface area contributed by atoms with Gasteiger partial charge in [0.2, 0.25) is 0 Å². The number of ether oxygens (including phenoxy) is 1. The maximum Gasteiger partial charge on any atom is 0.303 e. The van der Waals surface area contributed by atoms with Crippen LogP contribution in [0.15, 0.2) is 17.9 Å². The molecule has 1 atom stereocenters. The molecule has 0 aromatic rings. The van der Waals surface area contributed by atoms with Crippen LogP contribution < -0.4 is 0 Å². The number of carbonyl (C=O) groups excluding carboxylic acids is 1. The smallest absolute Gasteiger partial charge is 0.303 e. The van der Waals surface area contributed by atoms with E-state index >= 15 is 0 Å². The zero-order valence-electron chi connectivity index (χ0n) is 11.6. The highest BCUT2D eigenvalue weighted by molar-refractivity contribution is 5.66. The van der Waals surface area contributed by atoms with Crippen LogP contribution in [0.3, 0.4) is 0 Å². The summed E-state index contributed by atoms with van der Waals surface area (Å²) in [7, 11) is 0. The summed E-state index contributed by atoms with van der Waals surface area (Å²) in [5.41, 5.74) is 3.98. The standard InChI is InChI=1S/C15H26O2/c1-5-8-9-10-11-12-14(6-2)15(7-3)17-13(4)16/h15H,2,5,7-12H2,1,3-4H3/t15-/m1/s1. The molecule has 0 amide bonds. The number of carbonyl (C=O) groups is 1. The predicted octanol–water partition coefficient (Wildman–Crippen LogP) is 4.40. The molecule has 0 N–H and O–H groups in total. The van der Waals surface area contributed by atoms with Crippen LogP contribution in [0, 0.1) is 0 Å². The van der Waals surface area contributed by atoms with Crippen molar-refractivity contribution in [2.45, 2.75) is 71.8 Å². The fourth-order valence-corrected chi connectivity index (χ4v) is 1.88. The van der Waals surface area contributed by atoms with Crippen molar-refractivity contribution < 1.29 is 9.53 Å². The Kier molecular flexibility index (Phi) is 9.56. The highest BCUT2D eigenvalue weighted by atomic mass is 16.5. The molecule has 0 bridgehead atoms. The predicted molar refractivity (Wildman–Crippen MR) is 71.9 cm³/mol. The van der Waals surface area contributed by atoms with E-state index < -0.39 is 0 Å². The first-order chi connectivity index (χ1) is 8.15. The second-order valence-electron chi connectivity index (χ2n) is 4.37. The number of rotatable bonds is 9. The molecule has 0 heterocycles. The number of hydrogen-bond donors (Lipinski definition) is 0. The molecule has 17 heavy (non-hydrogen) atoms. The van der Waals surface area contributed by atoms with Gasteiger partial charge < -0.3 is 4.74 Å². The Hall–Kier alpha value is -1.01. The molecule has 0 fully saturated rings. The quantitative estimate of drug-likeness (QED) is 0.338. The summed E-state index contributed by atoms with van der Waals surface area (Å²) in [6.07, 6.45) is 7.82. The lowest BCUT2D eigenvalue weighted by atomic mass is 10.0. The minimum atomic E-state index is -0.226. The van der Waals surface area contributed by atoms with Crippen LogP contribution in [0.4, 0.5) is 0 Å². The summed E-state index contributed by atoms with van der Waals surface area (Å²) < 4.78 is 5.25. The lowest BCUT2D eigenvalue weighted by Crippen LogP contribution is -2.17. The third kappa shape index (κ3) is 7.82. The fraction of sp³-hybridized carbons (Fsp3) is 0.733. The summed E-state index contributed by atoms with van der Waals surface area (Å²) >= 11 is 0. The minimum Gasteiger partial charge on any atom is -0.457 e. The average molecular weight is 238 g/mol. The first kappa shape index (κ1) is 16.0. The second kappa shape index (κ2) is 10.2. The van der Waals surface area contributed by atoms with Gasteiger partial charge in [-0.3, -0.25) is 4.79 Å². The average Bonchev–Trinajstić information content (AvgIpc) is 2.31. The second-order valence-corrected chi connectivity index (χ2v) is 4.37. The maximum absolute atomic E-state index is 11.0. The molecule has 0 aliphatic heterocycles. The van der Waals surface area contributed by atoms with Gasteiger partial charge in [-0.05, 0) is 19.3 Å². The molecule has 0 aromatic carbocycles. The van der Waals surface area contributed by atoms with Crippen LogP contribution in [-0.4, -0.2) is 12.1 Å². The minimum absolute atomic E-state index is 0.129. The summed E-state index contributed by atoms with van der Waals surface area (Å²) in [4.78, 5) is 11.0. The van der Waals surface area contributed by atoms with E-state index in [0.717, 1.165) is 24.8 Å². The van der Waals surface area contributed by atoms with E-state index in [1.54, 1.807) is 0 Å². The Bertz CT molecular complexity index is 262. The van der Waals surface area contributed by atoms with Gasteiger partial charge in [-0.1, -0.05) is 46.1 Å². The molecule has 0 aromatic heterocycles. The SMILES string of the molecule is C=C=C(CCCCCCC)[C@@H](CC)OC(C)=O. The largest absolute Gasteiger partial charge is 0.457 e. The first-order valence-corrected chi connectivity index (χ1v) is 6.71. The lowest BCUT2D eigenvalue weighted by molar-refractivity contribution is -0.144. The van der Waals surface area contributed by atoms with Gasteiger partial charge in [0.15, 0.2) is 0 Å². The molecule has 0 saturated carbocycles. The zero-order chi connectivity index (χ0) is 13.1. The van der Waals surface area contributed by atoms with E-state index in [-0.39, 0.29) is 12.1 Å².